The van der Waals surface area contributed by atoms with Crippen molar-refractivity contribution in [3.05, 3.63) is 40.3 Å². The van der Waals surface area contributed by atoms with Crippen LogP contribution in [0.15, 0.2) is 29.8 Å². The summed E-state index contributed by atoms with van der Waals surface area (Å²) < 4.78 is 28.2. The number of ether oxygens (including phenoxy) is 1. The smallest absolute Gasteiger partial charge is 0.387 e. The Kier molecular flexibility index (Phi) is 4.09. The Bertz CT molecular complexity index is 499. The predicted molar refractivity (Wildman–Crippen MR) is 67.3 cm³/mol. The minimum atomic E-state index is -2.79. The van der Waals surface area contributed by atoms with Gasteiger partial charge in [0.05, 0.1) is 17.7 Å². The molecule has 0 aliphatic rings. The van der Waals surface area contributed by atoms with Crippen molar-refractivity contribution in [1.82, 2.24) is 4.98 Å². The van der Waals surface area contributed by atoms with Crippen LogP contribution in [0.2, 0.25) is 0 Å². The Morgan fingerprint density at radius 1 is 1.33 bits per heavy atom. The summed E-state index contributed by atoms with van der Waals surface area (Å²) in [6.07, 6.45) is 0. The molecule has 0 saturated carbocycles. The van der Waals surface area contributed by atoms with E-state index in [1.807, 2.05) is 6.92 Å². The minimum absolute atomic E-state index is 0.157. The van der Waals surface area contributed by atoms with Gasteiger partial charge in [0, 0.05) is 10.6 Å². The first-order valence-electron chi connectivity index (χ1n) is 5.33. The summed E-state index contributed by atoms with van der Waals surface area (Å²) in [7, 11) is 0. The van der Waals surface area contributed by atoms with Crippen molar-refractivity contribution >= 4 is 17.0 Å². The molecule has 1 heterocycles. The molecule has 0 fully saturated rings. The van der Waals surface area contributed by atoms with Crippen molar-refractivity contribution < 1.29 is 13.5 Å². The molecule has 0 saturated heterocycles. The Hall–Kier alpha value is -1.69. The molecule has 0 aliphatic carbocycles. The van der Waals surface area contributed by atoms with Crippen molar-refractivity contribution in [2.45, 2.75) is 20.1 Å². The minimum Gasteiger partial charge on any atom is -0.435 e. The molecule has 3 nitrogen and oxygen atoms in total. The molecule has 0 spiro atoms. The number of nitrogens with zero attached hydrogens (tertiary/aromatic N) is 1. The van der Waals surface area contributed by atoms with Crippen LogP contribution in [0.5, 0.6) is 5.75 Å². The molecule has 96 valence electrons. The first-order valence-corrected chi connectivity index (χ1v) is 6.21. The van der Waals surface area contributed by atoms with E-state index in [1.54, 1.807) is 29.0 Å². The van der Waals surface area contributed by atoms with Crippen molar-refractivity contribution in [2.75, 3.05) is 5.32 Å². The highest BCUT2D eigenvalue weighted by molar-refractivity contribution is 7.09. The molecule has 1 aromatic carbocycles. The molecule has 1 N–H and O–H groups in total. The van der Waals surface area contributed by atoms with Gasteiger partial charge in [-0.2, -0.15) is 8.78 Å². The van der Waals surface area contributed by atoms with E-state index in [2.05, 4.69) is 15.0 Å². The number of halogens is 2. The fourth-order valence-electron chi connectivity index (χ4n) is 1.43. The number of nitrogens with one attached hydrogen (secondary N) is 1. The van der Waals surface area contributed by atoms with Crippen molar-refractivity contribution in [3.8, 4) is 5.75 Å². The molecule has 0 amide bonds. The lowest BCUT2D eigenvalue weighted by Gasteiger charge is -2.07. The maximum atomic E-state index is 12.0. The molecule has 0 aliphatic heterocycles. The van der Waals surface area contributed by atoms with Crippen LogP contribution < -0.4 is 10.1 Å². The van der Waals surface area contributed by atoms with Crippen LogP contribution in [0.3, 0.4) is 0 Å². The second-order valence-electron chi connectivity index (χ2n) is 3.62. The fourth-order valence-corrected chi connectivity index (χ4v) is 2.15. The van der Waals surface area contributed by atoms with Crippen molar-refractivity contribution in [3.63, 3.8) is 0 Å². The second kappa shape index (κ2) is 5.77. The van der Waals surface area contributed by atoms with Gasteiger partial charge in [0.15, 0.2) is 0 Å². The number of benzene rings is 1. The Morgan fingerprint density at radius 2 is 2.06 bits per heavy atom. The molecule has 0 radical (unpaired) electrons. The van der Waals surface area contributed by atoms with E-state index in [0.29, 0.717) is 6.54 Å². The number of hydrogen-bond donors (Lipinski definition) is 1. The van der Waals surface area contributed by atoms with E-state index in [1.165, 1.54) is 12.1 Å². The maximum absolute atomic E-state index is 12.0. The first kappa shape index (κ1) is 12.8. The zero-order chi connectivity index (χ0) is 13.0. The lowest BCUT2D eigenvalue weighted by atomic mass is 10.3. The molecule has 2 aromatic rings. The summed E-state index contributed by atoms with van der Waals surface area (Å²) in [6.45, 7) is -0.165. The van der Waals surface area contributed by atoms with Crippen LogP contribution in [0.1, 0.15) is 10.6 Å². The number of aromatic nitrogens is 1. The van der Waals surface area contributed by atoms with Crippen LogP contribution >= 0.6 is 11.3 Å². The second-order valence-corrected chi connectivity index (χ2v) is 4.56. The van der Waals surface area contributed by atoms with Crippen molar-refractivity contribution in [1.29, 1.82) is 0 Å². The topological polar surface area (TPSA) is 34.2 Å². The predicted octanol–water partition coefficient (Wildman–Crippen LogP) is 3.67. The van der Waals surface area contributed by atoms with Gasteiger partial charge in [-0.1, -0.05) is 0 Å². The van der Waals surface area contributed by atoms with E-state index in [-0.39, 0.29) is 5.75 Å². The zero-order valence-corrected chi connectivity index (χ0v) is 10.5. The van der Waals surface area contributed by atoms with Gasteiger partial charge in [-0.25, -0.2) is 4.98 Å². The summed E-state index contributed by atoms with van der Waals surface area (Å²) in [4.78, 5) is 5.31. The third kappa shape index (κ3) is 3.40. The largest absolute Gasteiger partial charge is 0.435 e. The third-order valence-electron chi connectivity index (χ3n) is 2.38. The van der Waals surface area contributed by atoms with Crippen LogP contribution in [-0.2, 0) is 6.54 Å². The number of anilines is 1. The molecule has 0 unspecified atom stereocenters. The monoisotopic (exact) mass is 270 g/mol. The third-order valence-corrected chi connectivity index (χ3v) is 3.31. The lowest BCUT2D eigenvalue weighted by molar-refractivity contribution is -0.0498. The maximum Gasteiger partial charge on any atom is 0.387 e. The van der Waals surface area contributed by atoms with E-state index in [9.17, 15) is 8.78 Å². The molecule has 6 heteroatoms. The van der Waals surface area contributed by atoms with Gasteiger partial charge in [0.25, 0.3) is 0 Å². The fraction of sp³-hybridized carbons (Fsp3) is 0.250. The van der Waals surface area contributed by atoms with E-state index < -0.39 is 6.61 Å². The van der Waals surface area contributed by atoms with Crippen LogP contribution in [0, 0.1) is 6.92 Å². The van der Waals surface area contributed by atoms with Crippen LogP contribution in [0.25, 0.3) is 0 Å². The first-order chi connectivity index (χ1) is 8.65. The normalized spacial score (nSPS) is 10.7. The SMILES string of the molecule is Cc1ncsc1CNc1ccc(OC(F)F)cc1. The Balaban J connectivity index is 1.92. The Labute approximate surface area is 107 Å². The zero-order valence-electron chi connectivity index (χ0n) is 9.69. The van der Waals surface area contributed by atoms with Gasteiger partial charge in [0.2, 0.25) is 0 Å². The molecule has 0 atom stereocenters. The Morgan fingerprint density at radius 3 is 2.61 bits per heavy atom. The van der Waals surface area contributed by atoms with Gasteiger partial charge in [-0.3, -0.25) is 0 Å². The standard InChI is InChI=1S/C12H12F2N2OS/c1-8-11(18-7-16-8)6-15-9-2-4-10(5-3-9)17-12(13)14/h2-5,7,12,15H,6H2,1H3. The van der Waals surface area contributed by atoms with Crippen LogP contribution in [0.4, 0.5) is 14.5 Å². The van der Waals surface area contributed by atoms with E-state index in [4.69, 9.17) is 0 Å². The molecule has 18 heavy (non-hydrogen) atoms. The summed E-state index contributed by atoms with van der Waals surface area (Å²) >= 11 is 1.58. The van der Waals surface area contributed by atoms with Gasteiger partial charge in [0.1, 0.15) is 5.75 Å². The highest BCUT2D eigenvalue weighted by Crippen LogP contribution is 2.19. The summed E-state index contributed by atoms with van der Waals surface area (Å²) in [5, 5.41) is 3.20. The van der Waals surface area contributed by atoms with Gasteiger partial charge in [-0.15, -0.1) is 11.3 Å². The quantitative estimate of drug-likeness (QED) is 0.900. The van der Waals surface area contributed by atoms with Crippen molar-refractivity contribution in [2.24, 2.45) is 0 Å². The highest BCUT2D eigenvalue weighted by atomic mass is 32.1. The number of rotatable bonds is 5. The average molecular weight is 270 g/mol. The van der Waals surface area contributed by atoms with E-state index in [0.717, 1.165) is 16.3 Å². The number of hydrogen-bond acceptors (Lipinski definition) is 4. The van der Waals surface area contributed by atoms with Crippen LogP contribution in [-0.4, -0.2) is 11.6 Å². The molecule has 0 bridgehead atoms. The summed E-state index contributed by atoms with van der Waals surface area (Å²) in [6, 6.07) is 6.42. The molecule has 1 aromatic heterocycles. The number of alkyl halides is 2. The van der Waals surface area contributed by atoms with Gasteiger partial charge < -0.3 is 10.1 Å². The number of aryl methyl sites for hydroxylation is 1. The molecule has 2 rings (SSSR count). The molecular weight excluding hydrogens is 258 g/mol. The van der Waals surface area contributed by atoms with E-state index >= 15 is 0 Å². The van der Waals surface area contributed by atoms with Gasteiger partial charge in [-0.05, 0) is 31.2 Å². The molecular formula is C12H12F2N2OS. The highest BCUT2D eigenvalue weighted by Gasteiger charge is 2.04. The summed E-state index contributed by atoms with van der Waals surface area (Å²) in [5.41, 5.74) is 3.65. The number of thiazole rings is 1. The average Bonchev–Trinajstić information content (AvgIpc) is 2.73. The summed E-state index contributed by atoms with van der Waals surface area (Å²) in [5.74, 6) is 0.157. The lowest BCUT2D eigenvalue weighted by Crippen LogP contribution is -2.02. The van der Waals surface area contributed by atoms with Gasteiger partial charge >= 0.3 is 6.61 Å².